The van der Waals surface area contributed by atoms with Crippen LogP contribution in [0.5, 0.6) is 5.75 Å². The second kappa shape index (κ2) is 5.33. The molecule has 0 aliphatic carbocycles. The van der Waals surface area contributed by atoms with Crippen molar-refractivity contribution in [2.24, 2.45) is 0 Å². The fourth-order valence-corrected chi connectivity index (χ4v) is 1.61. The first-order chi connectivity index (χ1) is 6.75. The van der Waals surface area contributed by atoms with Gasteiger partial charge in [-0.05, 0) is 37.6 Å². The maximum absolute atomic E-state index is 13.4. The van der Waals surface area contributed by atoms with Gasteiger partial charge in [-0.1, -0.05) is 6.07 Å². The van der Waals surface area contributed by atoms with Crippen LogP contribution in [0.2, 0.25) is 0 Å². The smallest absolute Gasteiger partial charge is 0.165 e. The van der Waals surface area contributed by atoms with Crippen LogP contribution in [0, 0.1) is 12.7 Å². The molecule has 2 rings (SSSR count). The molecule has 1 heterocycles. The molecule has 1 aromatic carbocycles. The van der Waals surface area contributed by atoms with Crippen molar-refractivity contribution in [3.05, 3.63) is 29.6 Å². The molecule has 1 atom stereocenters. The predicted octanol–water partition coefficient (Wildman–Crippen LogP) is 2.30. The standard InChI is InChI=1S/C11H14FNO.ClH/c1-8-2-3-11(10(12)6-8)14-9-4-5-13-7-9;/h2-3,6,9,13H,4-5,7H2,1H3;1H. The summed E-state index contributed by atoms with van der Waals surface area (Å²) in [5, 5.41) is 3.18. The minimum atomic E-state index is -0.267. The molecule has 1 saturated heterocycles. The fourth-order valence-electron chi connectivity index (χ4n) is 1.61. The SMILES string of the molecule is Cc1ccc(OC2CCNC2)c(F)c1.Cl. The second-order valence-corrected chi connectivity index (χ2v) is 3.67. The number of rotatable bonds is 2. The Bertz CT molecular complexity index is 326. The van der Waals surface area contributed by atoms with E-state index >= 15 is 0 Å². The molecule has 84 valence electrons. The lowest BCUT2D eigenvalue weighted by Crippen LogP contribution is -2.20. The number of aryl methyl sites for hydroxylation is 1. The van der Waals surface area contributed by atoms with Crippen molar-refractivity contribution in [3.63, 3.8) is 0 Å². The average molecular weight is 232 g/mol. The third kappa shape index (κ3) is 3.08. The third-order valence-electron chi connectivity index (χ3n) is 2.40. The van der Waals surface area contributed by atoms with E-state index in [-0.39, 0.29) is 24.3 Å². The van der Waals surface area contributed by atoms with E-state index in [2.05, 4.69) is 5.32 Å². The van der Waals surface area contributed by atoms with Crippen LogP contribution in [0.25, 0.3) is 0 Å². The second-order valence-electron chi connectivity index (χ2n) is 3.67. The highest BCUT2D eigenvalue weighted by atomic mass is 35.5. The van der Waals surface area contributed by atoms with E-state index < -0.39 is 0 Å². The lowest BCUT2D eigenvalue weighted by atomic mass is 10.2. The molecule has 0 spiro atoms. The summed E-state index contributed by atoms with van der Waals surface area (Å²) in [6, 6.07) is 5.06. The number of halogens is 2. The molecule has 1 unspecified atom stereocenters. The van der Waals surface area contributed by atoms with Crippen LogP contribution >= 0.6 is 12.4 Å². The van der Waals surface area contributed by atoms with Crippen LogP contribution in [0.3, 0.4) is 0 Å². The largest absolute Gasteiger partial charge is 0.486 e. The van der Waals surface area contributed by atoms with E-state index in [1.165, 1.54) is 6.07 Å². The van der Waals surface area contributed by atoms with E-state index in [0.29, 0.717) is 5.75 Å². The molecule has 0 aromatic heterocycles. The monoisotopic (exact) mass is 231 g/mol. The Morgan fingerprint density at radius 1 is 1.47 bits per heavy atom. The lowest BCUT2D eigenvalue weighted by Gasteiger charge is -2.13. The molecule has 2 nitrogen and oxygen atoms in total. The van der Waals surface area contributed by atoms with Gasteiger partial charge < -0.3 is 10.1 Å². The first kappa shape index (κ1) is 12.3. The fraction of sp³-hybridized carbons (Fsp3) is 0.455. The van der Waals surface area contributed by atoms with Crippen molar-refractivity contribution < 1.29 is 9.13 Å². The first-order valence-electron chi connectivity index (χ1n) is 4.89. The van der Waals surface area contributed by atoms with Gasteiger partial charge in [0.25, 0.3) is 0 Å². The van der Waals surface area contributed by atoms with Gasteiger partial charge in [0.1, 0.15) is 6.10 Å². The normalized spacial score (nSPS) is 19.7. The molecule has 1 aliphatic rings. The lowest BCUT2D eigenvalue weighted by molar-refractivity contribution is 0.213. The van der Waals surface area contributed by atoms with Crippen molar-refractivity contribution in [2.45, 2.75) is 19.4 Å². The molecular weight excluding hydrogens is 217 g/mol. The Kier molecular flexibility index (Phi) is 4.36. The summed E-state index contributed by atoms with van der Waals surface area (Å²) in [4.78, 5) is 0. The van der Waals surface area contributed by atoms with Gasteiger partial charge in [0.2, 0.25) is 0 Å². The Balaban J connectivity index is 0.00000112. The van der Waals surface area contributed by atoms with Gasteiger partial charge in [0.15, 0.2) is 11.6 Å². The van der Waals surface area contributed by atoms with Gasteiger partial charge >= 0.3 is 0 Å². The van der Waals surface area contributed by atoms with E-state index in [4.69, 9.17) is 4.74 Å². The van der Waals surface area contributed by atoms with E-state index in [1.807, 2.05) is 13.0 Å². The summed E-state index contributed by atoms with van der Waals surface area (Å²) in [6.45, 7) is 3.63. The Labute approximate surface area is 95.2 Å². The molecular formula is C11H15ClFNO. The van der Waals surface area contributed by atoms with Crippen molar-refractivity contribution >= 4 is 12.4 Å². The number of nitrogens with one attached hydrogen (secondary N) is 1. The van der Waals surface area contributed by atoms with Crippen molar-refractivity contribution in [1.29, 1.82) is 0 Å². The van der Waals surface area contributed by atoms with Crippen LogP contribution in [-0.2, 0) is 0 Å². The molecule has 4 heteroatoms. The zero-order valence-corrected chi connectivity index (χ0v) is 9.44. The van der Waals surface area contributed by atoms with E-state index in [9.17, 15) is 4.39 Å². The van der Waals surface area contributed by atoms with Crippen LogP contribution in [0.4, 0.5) is 4.39 Å². The number of hydrogen-bond acceptors (Lipinski definition) is 2. The van der Waals surface area contributed by atoms with Crippen LogP contribution in [-0.4, -0.2) is 19.2 Å². The maximum Gasteiger partial charge on any atom is 0.165 e. The van der Waals surface area contributed by atoms with E-state index in [0.717, 1.165) is 25.1 Å². The molecule has 1 N–H and O–H groups in total. The molecule has 1 fully saturated rings. The van der Waals surface area contributed by atoms with Crippen LogP contribution in [0.1, 0.15) is 12.0 Å². The minimum absolute atomic E-state index is 0. The van der Waals surface area contributed by atoms with Gasteiger partial charge in [0.05, 0.1) is 0 Å². The van der Waals surface area contributed by atoms with Gasteiger partial charge in [-0.3, -0.25) is 0 Å². The van der Waals surface area contributed by atoms with Gasteiger partial charge in [-0.2, -0.15) is 0 Å². The summed E-state index contributed by atoms with van der Waals surface area (Å²) in [7, 11) is 0. The van der Waals surface area contributed by atoms with E-state index in [1.54, 1.807) is 6.07 Å². The van der Waals surface area contributed by atoms with Crippen molar-refractivity contribution in [3.8, 4) is 5.75 Å². The molecule has 0 radical (unpaired) electrons. The summed E-state index contributed by atoms with van der Waals surface area (Å²) >= 11 is 0. The highest BCUT2D eigenvalue weighted by Crippen LogP contribution is 2.20. The Morgan fingerprint density at radius 2 is 2.27 bits per heavy atom. The van der Waals surface area contributed by atoms with Gasteiger partial charge in [-0.25, -0.2) is 4.39 Å². The highest BCUT2D eigenvalue weighted by Gasteiger charge is 2.17. The first-order valence-corrected chi connectivity index (χ1v) is 4.89. The summed E-state index contributed by atoms with van der Waals surface area (Å²) in [5.41, 5.74) is 0.916. The zero-order chi connectivity index (χ0) is 9.97. The molecule has 0 bridgehead atoms. The van der Waals surface area contributed by atoms with Crippen molar-refractivity contribution in [1.82, 2.24) is 5.32 Å². The average Bonchev–Trinajstić information content (AvgIpc) is 2.62. The molecule has 0 saturated carbocycles. The molecule has 1 aliphatic heterocycles. The number of ether oxygens (including phenoxy) is 1. The Morgan fingerprint density at radius 3 is 2.87 bits per heavy atom. The van der Waals surface area contributed by atoms with Gasteiger partial charge in [-0.15, -0.1) is 12.4 Å². The summed E-state index contributed by atoms with van der Waals surface area (Å²) in [5.74, 6) is 0.0983. The van der Waals surface area contributed by atoms with Crippen LogP contribution in [0.15, 0.2) is 18.2 Å². The quantitative estimate of drug-likeness (QED) is 0.844. The topological polar surface area (TPSA) is 21.3 Å². The molecule has 0 amide bonds. The predicted molar refractivity (Wildman–Crippen MR) is 60.3 cm³/mol. The zero-order valence-electron chi connectivity index (χ0n) is 8.63. The maximum atomic E-state index is 13.4. The summed E-state index contributed by atoms with van der Waals surface area (Å²) in [6.07, 6.45) is 1.07. The Hall–Kier alpha value is -0.800. The molecule has 15 heavy (non-hydrogen) atoms. The van der Waals surface area contributed by atoms with Crippen LogP contribution < -0.4 is 10.1 Å². The minimum Gasteiger partial charge on any atom is -0.486 e. The van der Waals surface area contributed by atoms with Gasteiger partial charge in [0, 0.05) is 6.54 Å². The van der Waals surface area contributed by atoms with Crippen molar-refractivity contribution in [2.75, 3.05) is 13.1 Å². The number of hydrogen-bond donors (Lipinski definition) is 1. The summed E-state index contributed by atoms with van der Waals surface area (Å²) < 4.78 is 18.9. The molecule has 1 aromatic rings. The number of benzene rings is 1. The highest BCUT2D eigenvalue weighted by molar-refractivity contribution is 5.85. The third-order valence-corrected chi connectivity index (χ3v) is 2.40.